The Morgan fingerprint density at radius 3 is 2.05 bits per heavy atom. The second kappa shape index (κ2) is 7.31. The van der Waals surface area contributed by atoms with Crippen LogP contribution in [0.1, 0.15) is 5.56 Å². The number of halogens is 2. The van der Waals surface area contributed by atoms with Crippen molar-refractivity contribution in [1.29, 1.82) is 0 Å². The van der Waals surface area contributed by atoms with Crippen molar-refractivity contribution >= 4 is 17.6 Å². The van der Waals surface area contributed by atoms with Crippen molar-refractivity contribution in [3.05, 3.63) is 65.7 Å². The van der Waals surface area contributed by atoms with Crippen LogP contribution >= 0.6 is 0 Å². The molecule has 2 aromatic carbocycles. The van der Waals surface area contributed by atoms with E-state index in [9.17, 15) is 18.4 Å². The normalized spacial score (nSPS) is 10.1. The third-order valence-electron chi connectivity index (χ3n) is 2.75. The maximum atomic E-state index is 12.7. The lowest BCUT2D eigenvalue weighted by Gasteiger charge is -2.06. The number of ether oxygens (including phenoxy) is 1. The molecule has 6 heteroatoms. The van der Waals surface area contributed by atoms with Crippen LogP contribution in [0, 0.1) is 11.6 Å². The molecule has 0 fully saturated rings. The Balaban J connectivity index is 1.76. The number of hydrogen-bond donors (Lipinski definition) is 1. The first-order valence-corrected chi connectivity index (χ1v) is 6.48. The quantitative estimate of drug-likeness (QED) is 0.864. The minimum atomic E-state index is -0.596. The summed E-state index contributed by atoms with van der Waals surface area (Å²) in [5.41, 5.74) is 0.992. The molecule has 0 atom stereocenters. The first kappa shape index (κ1) is 15.6. The second-order valence-electron chi connectivity index (χ2n) is 4.52. The molecule has 0 aliphatic rings. The predicted molar refractivity (Wildman–Crippen MR) is 76.1 cm³/mol. The minimum Gasteiger partial charge on any atom is -0.455 e. The van der Waals surface area contributed by atoms with E-state index in [2.05, 4.69) is 5.32 Å². The summed E-state index contributed by atoms with van der Waals surface area (Å²) in [5, 5.41) is 2.46. The van der Waals surface area contributed by atoms with E-state index in [4.69, 9.17) is 4.74 Å². The Hall–Kier alpha value is -2.76. The summed E-state index contributed by atoms with van der Waals surface area (Å²) in [4.78, 5) is 23.1. The number of esters is 1. The van der Waals surface area contributed by atoms with E-state index in [1.165, 1.54) is 48.5 Å². The number of anilines is 1. The summed E-state index contributed by atoms with van der Waals surface area (Å²) < 4.78 is 30.2. The molecule has 1 amide bonds. The number of carbonyl (C=O) groups excluding carboxylic acids is 2. The van der Waals surface area contributed by atoms with Crippen molar-refractivity contribution in [3.8, 4) is 0 Å². The Bertz CT molecular complexity index is 595. The molecule has 0 aliphatic heterocycles. The molecule has 0 saturated carbocycles. The summed E-state index contributed by atoms with van der Waals surface area (Å²) in [7, 11) is 0. The molecule has 2 aromatic rings. The lowest BCUT2D eigenvalue weighted by Crippen LogP contribution is -2.21. The van der Waals surface area contributed by atoms with Gasteiger partial charge < -0.3 is 10.1 Å². The molecule has 114 valence electrons. The van der Waals surface area contributed by atoms with Crippen LogP contribution in [0.4, 0.5) is 14.5 Å². The molecule has 4 nitrogen and oxygen atoms in total. The van der Waals surface area contributed by atoms with Gasteiger partial charge in [-0.3, -0.25) is 9.59 Å². The second-order valence-corrected chi connectivity index (χ2v) is 4.52. The molecule has 0 unspecified atom stereocenters. The van der Waals surface area contributed by atoms with E-state index < -0.39 is 30.1 Å². The van der Waals surface area contributed by atoms with E-state index >= 15 is 0 Å². The van der Waals surface area contributed by atoms with E-state index in [0.29, 0.717) is 11.3 Å². The predicted octanol–water partition coefficient (Wildman–Crippen LogP) is 2.69. The maximum Gasteiger partial charge on any atom is 0.310 e. The third kappa shape index (κ3) is 4.97. The van der Waals surface area contributed by atoms with E-state index in [1.54, 1.807) is 0 Å². The standard InChI is InChI=1S/C16H13F2NO3/c17-12-3-1-11(2-4-12)9-16(21)22-10-15(20)19-14-7-5-13(18)6-8-14/h1-8H,9-10H2,(H,19,20). The monoisotopic (exact) mass is 305 g/mol. The number of nitrogens with one attached hydrogen (secondary N) is 1. The summed E-state index contributed by atoms with van der Waals surface area (Å²) in [5.74, 6) is -1.93. The number of hydrogen-bond acceptors (Lipinski definition) is 3. The Morgan fingerprint density at radius 1 is 0.909 bits per heavy atom. The molecule has 0 radical (unpaired) electrons. The first-order chi connectivity index (χ1) is 10.5. The smallest absolute Gasteiger partial charge is 0.310 e. The summed E-state index contributed by atoms with van der Waals surface area (Å²) in [6.07, 6.45) is -0.0515. The van der Waals surface area contributed by atoms with Gasteiger partial charge in [0.05, 0.1) is 6.42 Å². The van der Waals surface area contributed by atoms with Gasteiger partial charge in [0.2, 0.25) is 0 Å². The lowest BCUT2D eigenvalue weighted by molar-refractivity contribution is -0.146. The SMILES string of the molecule is O=C(COC(=O)Cc1ccc(F)cc1)Nc1ccc(F)cc1. The molecule has 0 heterocycles. The molecule has 0 bridgehead atoms. The molecule has 2 rings (SSSR count). The highest BCUT2D eigenvalue weighted by Gasteiger charge is 2.09. The van der Waals surface area contributed by atoms with Crippen molar-refractivity contribution in [3.63, 3.8) is 0 Å². The zero-order chi connectivity index (χ0) is 15.9. The van der Waals surface area contributed by atoms with Gasteiger partial charge in [0.1, 0.15) is 11.6 Å². The minimum absolute atomic E-state index is 0.0515. The van der Waals surface area contributed by atoms with Gasteiger partial charge in [0, 0.05) is 5.69 Å². The summed E-state index contributed by atoms with van der Waals surface area (Å²) in [6.45, 7) is -0.447. The van der Waals surface area contributed by atoms with Gasteiger partial charge in [-0.15, -0.1) is 0 Å². The highest BCUT2D eigenvalue weighted by Crippen LogP contribution is 2.08. The number of rotatable bonds is 5. The van der Waals surface area contributed by atoms with E-state index in [1.807, 2.05) is 0 Å². The Morgan fingerprint density at radius 2 is 1.45 bits per heavy atom. The van der Waals surface area contributed by atoms with Crippen molar-refractivity contribution < 1.29 is 23.1 Å². The fraction of sp³-hybridized carbons (Fsp3) is 0.125. The molecule has 1 N–H and O–H groups in total. The van der Waals surface area contributed by atoms with Crippen LogP contribution in [0.5, 0.6) is 0 Å². The van der Waals surface area contributed by atoms with Crippen LogP contribution in [-0.2, 0) is 20.7 Å². The fourth-order valence-corrected chi connectivity index (χ4v) is 1.70. The molecular formula is C16H13F2NO3. The molecule has 0 aliphatic carbocycles. The number of amides is 1. The van der Waals surface area contributed by atoms with Crippen molar-refractivity contribution in [2.24, 2.45) is 0 Å². The van der Waals surface area contributed by atoms with Gasteiger partial charge in [0.25, 0.3) is 5.91 Å². The largest absolute Gasteiger partial charge is 0.455 e. The molecule has 0 spiro atoms. The van der Waals surface area contributed by atoms with Gasteiger partial charge in [-0.05, 0) is 42.0 Å². The highest BCUT2D eigenvalue weighted by atomic mass is 19.1. The van der Waals surface area contributed by atoms with Gasteiger partial charge in [0.15, 0.2) is 6.61 Å². The topological polar surface area (TPSA) is 55.4 Å². The molecular weight excluding hydrogens is 292 g/mol. The van der Waals surface area contributed by atoms with Crippen LogP contribution in [0.3, 0.4) is 0 Å². The maximum absolute atomic E-state index is 12.7. The van der Waals surface area contributed by atoms with Gasteiger partial charge >= 0.3 is 5.97 Å². The summed E-state index contributed by atoms with van der Waals surface area (Å²) >= 11 is 0. The van der Waals surface area contributed by atoms with Crippen molar-refractivity contribution in [1.82, 2.24) is 0 Å². The zero-order valence-corrected chi connectivity index (χ0v) is 11.5. The molecule has 0 aromatic heterocycles. The van der Waals surface area contributed by atoms with Crippen molar-refractivity contribution in [2.75, 3.05) is 11.9 Å². The van der Waals surface area contributed by atoms with Crippen LogP contribution in [0.15, 0.2) is 48.5 Å². The van der Waals surface area contributed by atoms with Gasteiger partial charge in [-0.25, -0.2) is 8.78 Å². The average molecular weight is 305 g/mol. The van der Waals surface area contributed by atoms with E-state index in [0.717, 1.165) is 0 Å². The van der Waals surface area contributed by atoms with Crippen LogP contribution in [0.2, 0.25) is 0 Å². The summed E-state index contributed by atoms with van der Waals surface area (Å²) in [6, 6.07) is 10.6. The zero-order valence-electron chi connectivity index (χ0n) is 11.5. The average Bonchev–Trinajstić information content (AvgIpc) is 2.50. The Kier molecular flexibility index (Phi) is 5.19. The molecule has 22 heavy (non-hydrogen) atoms. The van der Waals surface area contributed by atoms with Crippen LogP contribution < -0.4 is 5.32 Å². The third-order valence-corrected chi connectivity index (χ3v) is 2.75. The highest BCUT2D eigenvalue weighted by molar-refractivity contribution is 5.92. The lowest BCUT2D eigenvalue weighted by atomic mass is 10.1. The van der Waals surface area contributed by atoms with Gasteiger partial charge in [-0.1, -0.05) is 12.1 Å². The number of benzene rings is 2. The van der Waals surface area contributed by atoms with E-state index in [-0.39, 0.29) is 6.42 Å². The van der Waals surface area contributed by atoms with Crippen LogP contribution in [0.25, 0.3) is 0 Å². The van der Waals surface area contributed by atoms with Crippen LogP contribution in [-0.4, -0.2) is 18.5 Å². The van der Waals surface area contributed by atoms with Crippen molar-refractivity contribution in [2.45, 2.75) is 6.42 Å². The fourth-order valence-electron chi connectivity index (χ4n) is 1.70. The number of carbonyl (C=O) groups is 2. The van der Waals surface area contributed by atoms with Gasteiger partial charge in [-0.2, -0.15) is 0 Å². The Labute approximate surface area is 125 Å². The molecule has 0 saturated heterocycles. The first-order valence-electron chi connectivity index (χ1n) is 6.48.